The van der Waals surface area contributed by atoms with Crippen molar-refractivity contribution in [1.82, 2.24) is 19.7 Å². The molecule has 0 spiro atoms. The number of carboxylic acid groups (broad SMARTS) is 1. The van der Waals surface area contributed by atoms with Gasteiger partial charge in [0, 0.05) is 28.4 Å². The van der Waals surface area contributed by atoms with Gasteiger partial charge < -0.3 is 10.8 Å². The van der Waals surface area contributed by atoms with Gasteiger partial charge >= 0.3 is 6.09 Å². The molecule has 0 saturated carbocycles. The molecule has 0 aromatic carbocycles. The van der Waals surface area contributed by atoms with Crippen molar-refractivity contribution in [2.24, 2.45) is 6.98 Å². The number of nitrogens with zero attached hydrogens (tertiary/aromatic N) is 4. The lowest BCUT2D eigenvalue weighted by Gasteiger charge is -2.39. The van der Waals surface area contributed by atoms with Crippen LogP contribution >= 0.6 is 0 Å². The first-order valence-corrected chi connectivity index (χ1v) is 7.81. The molecule has 1 amide bonds. The molecule has 7 nitrogen and oxygen atoms in total. The van der Waals surface area contributed by atoms with E-state index in [0.717, 1.165) is 4.68 Å². The molecule has 2 aromatic rings. The topological polar surface area (TPSA) is 97.3 Å². The molecule has 3 N–H and O–H groups in total. The number of carbonyl (C=O) groups is 1. The van der Waals surface area contributed by atoms with Gasteiger partial charge in [-0.2, -0.15) is 5.10 Å². The van der Waals surface area contributed by atoms with E-state index in [9.17, 15) is 9.90 Å². The van der Waals surface area contributed by atoms with Crippen molar-refractivity contribution >= 4 is 11.8 Å². The largest absolute Gasteiger partial charge is 0.465 e. The third-order valence-corrected chi connectivity index (χ3v) is 3.82. The highest BCUT2D eigenvalue weighted by Crippen LogP contribution is 2.33. The van der Waals surface area contributed by atoms with Crippen molar-refractivity contribution in [1.29, 1.82) is 0 Å². The van der Waals surface area contributed by atoms with Crippen molar-refractivity contribution in [3.05, 3.63) is 42.9 Å². The van der Waals surface area contributed by atoms with Crippen LogP contribution in [0.2, 0.25) is 0 Å². The van der Waals surface area contributed by atoms with Crippen LogP contribution in [-0.2, 0) is 6.98 Å². The Bertz CT molecular complexity index is 871. The summed E-state index contributed by atoms with van der Waals surface area (Å²) in [7, 11) is 0. The van der Waals surface area contributed by atoms with Crippen LogP contribution in [0.25, 0.3) is 11.3 Å². The minimum Gasteiger partial charge on any atom is -0.465 e. The zero-order valence-electron chi connectivity index (χ0n) is 17.6. The molecule has 0 unspecified atom stereocenters. The van der Waals surface area contributed by atoms with E-state index in [4.69, 9.17) is 9.85 Å². The van der Waals surface area contributed by atoms with Gasteiger partial charge in [0.05, 0.1) is 29.3 Å². The van der Waals surface area contributed by atoms with E-state index in [1.54, 1.807) is 39.0 Å². The minimum absolute atomic E-state index is 0.208. The normalized spacial score (nSPS) is 14.9. The molecule has 0 radical (unpaired) electrons. The number of hydrogen-bond donors (Lipinski definition) is 2. The number of aryl methyl sites for hydroxylation is 1. The Morgan fingerprint density at radius 3 is 2.88 bits per heavy atom. The number of nitrogens with two attached hydrogens (primary N) is 1. The molecule has 0 aliphatic rings. The maximum absolute atomic E-state index is 11.9. The smallest absolute Gasteiger partial charge is 0.408 e. The summed E-state index contributed by atoms with van der Waals surface area (Å²) in [5, 5.41) is 13.6. The minimum atomic E-state index is -2.50. The van der Waals surface area contributed by atoms with E-state index in [1.807, 2.05) is 0 Å². The van der Waals surface area contributed by atoms with E-state index in [2.05, 4.69) is 16.7 Å². The number of pyridine rings is 1. The monoisotopic (exact) mass is 346 g/mol. The van der Waals surface area contributed by atoms with Gasteiger partial charge in [0.15, 0.2) is 0 Å². The Labute approximate surface area is 152 Å². The molecule has 0 aliphatic carbocycles. The van der Waals surface area contributed by atoms with Gasteiger partial charge in [0.2, 0.25) is 0 Å². The first-order valence-electron chi connectivity index (χ1n) is 9.31. The summed E-state index contributed by atoms with van der Waals surface area (Å²) in [6.45, 7) is 6.61. The maximum Gasteiger partial charge on any atom is 0.408 e. The Morgan fingerprint density at radius 2 is 2.32 bits per heavy atom. The lowest BCUT2D eigenvalue weighted by atomic mass is 9.98. The highest BCUT2D eigenvalue weighted by Gasteiger charge is 2.34. The summed E-state index contributed by atoms with van der Waals surface area (Å²) in [5.74, 6) is 0. The molecule has 25 heavy (non-hydrogen) atoms. The fraction of sp³-hybridized carbons (Fsp3) is 0.389. The van der Waals surface area contributed by atoms with Crippen molar-refractivity contribution in [2.75, 3.05) is 5.73 Å². The molecule has 0 fully saturated rings. The third-order valence-electron chi connectivity index (χ3n) is 3.82. The molecule has 134 valence electrons. The highest BCUT2D eigenvalue weighted by molar-refractivity contribution is 5.73. The lowest BCUT2D eigenvalue weighted by molar-refractivity contribution is 0.0691. The predicted molar refractivity (Wildman–Crippen MR) is 98.0 cm³/mol. The first-order chi connectivity index (χ1) is 12.9. The van der Waals surface area contributed by atoms with Gasteiger partial charge in [0.1, 0.15) is 0 Å². The van der Waals surface area contributed by atoms with Crippen molar-refractivity contribution in [3.63, 3.8) is 0 Å². The van der Waals surface area contributed by atoms with Crippen molar-refractivity contribution in [2.45, 2.75) is 38.8 Å². The molecule has 7 heteroatoms. The SMILES string of the molecule is [2H]C([2H])([2H])n1ncc(N)c1-c1ccnc([C@H](CC=C)N(C(=O)O)C(C)(C)C)c1. The highest BCUT2D eigenvalue weighted by atomic mass is 16.4. The van der Waals surface area contributed by atoms with E-state index in [-0.39, 0.29) is 11.4 Å². The zero-order chi connectivity index (χ0) is 21.3. The van der Waals surface area contributed by atoms with Crippen molar-refractivity contribution < 1.29 is 14.0 Å². The van der Waals surface area contributed by atoms with E-state index in [1.165, 1.54) is 17.3 Å². The average molecular weight is 346 g/mol. The molecular weight excluding hydrogens is 318 g/mol. The van der Waals surface area contributed by atoms with Gasteiger partial charge in [-0.25, -0.2) is 4.79 Å². The summed E-state index contributed by atoms with van der Waals surface area (Å²) in [6, 6.07) is 2.66. The van der Waals surface area contributed by atoms with Crippen LogP contribution in [0, 0.1) is 0 Å². The summed E-state index contributed by atoms with van der Waals surface area (Å²) in [4.78, 5) is 17.6. The second kappa shape index (κ2) is 6.96. The van der Waals surface area contributed by atoms with Crippen LogP contribution in [0.1, 0.15) is 43.0 Å². The van der Waals surface area contributed by atoms with E-state index >= 15 is 0 Å². The van der Waals surface area contributed by atoms with Crippen LogP contribution in [0.15, 0.2) is 37.2 Å². The van der Waals surface area contributed by atoms with Crippen LogP contribution < -0.4 is 5.73 Å². The molecule has 1 atom stereocenters. The number of nitrogen functional groups attached to an aromatic ring is 1. The molecule has 0 bridgehead atoms. The second-order valence-electron chi connectivity index (χ2n) is 6.69. The van der Waals surface area contributed by atoms with Crippen LogP contribution in [0.4, 0.5) is 10.5 Å². The van der Waals surface area contributed by atoms with Gasteiger partial charge in [-0.3, -0.25) is 14.6 Å². The van der Waals surface area contributed by atoms with Crippen LogP contribution in [-0.4, -0.2) is 36.4 Å². The van der Waals surface area contributed by atoms with Crippen LogP contribution in [0.5, 0.6) is 0 Å². The number of anilines is 1. The molecule has 2 rings (SSSR count). The molecule has 2 aromatic heterocycles. The quantitative estimate of drug-likeness (QED) is 0.808. The summed E-state index contributed by atoms with van der Waals surface area (Å²) in [6.07, 6.45) is 3.66. The maximum atomic E-state index is 11.9. The number of hydrogen-bond acceptors (Lipinski definition) is 4. The van der Waals surface area contributed by atoms with Gasteiger partial charge in [0.25, 0.3) is 0 Å². The number of rotatable bonds is 5. The summed E-state index contributed by atoms with van der Waals surface area (Å²) in [5.41, 5.74) is 6.67. The van der Waals surface area contributed by atoms with E-state index in [0.29, 0.717) is 17.7 Å². The van der Waals surface area contributed by atoms with Crippen molar-refractivity contribution in [3.8, 4) is 11.3 Å². The van der Waals surface area contributed by atoms with E-state index < -0.39 is 24.6 Å². The zero-order valence-corrected chi connectivity index (χ0v) is 14.6. The molecule has 2 heterocycles. The number of amides is 1. The third kappa shape index (κ3) is 3.81. The second-order valence-corrected chi connectivity index (χ2v) is 6.69. The Hall–Kier alpha value is -2.83. The fourth-order valence-corrected chi connectivity index (χ4v) is 2.83. The van der Waals surface area contributed by atoms with Gasteiger partial charge in [-0.15, -0.1) is 6.58 Å². The van der Waals surface area contributed by atoms with Crippen LogP contribution in [0.3, 0.4) is 0 Å². The Kier molecular flexibility index (Phi) is 4.04. The predicted octanol–water partition coefficient (Wildman–Crippen LogP) is 3.46. The lowest BCUT2D eigenvalue weighted by Crippen LogP contribution is -2.47. The molecule has 0 saturated heterocycles. The Balaban J connectivity index is 2.62. The van der Waals surface area contributed by atoms with Gasteiger partial charge in [-0.05, 0) is 39.3 Å². The Morgan fingerprint density at radius 1 is 1.60 bits per heavy atom. The first kappa shape index (κ1) is 14.5. The number of aromatic nitrogens is 3. The average Bonchev–Trinajstić information content (AvgIpc) is 2.95. The summed E-state index contributed by atoms with van der Waals surface area (Å²) < 4.78 is 23.8. The summed E-state index contributed by atoms with van der Waals surface area (Å²) >= 11 is 0. The standard InChI is InChI=1S/C18H25N5O2/c1-6-7-15(23(17(24)25)18(2,3)4)14-10-12(8-9-20-14)16-13(19)11-21-22(16)5/h6,8-11,15H,1,7,19H2,2-5H3,(H,24,25)/t15-/m0/s1/i5D3. The molecule has 0 aliphatic heterocycles. The van der Waals surface area contributed by atoms with Gasteiger partial charge in [-0.1, -0.05) is 6.08 Å². The molecular formula is C18H25N5O2. The fourth-order valence-electron chi connectivity index (χ4n) is 2.83.